The van der Waals surface area contributed by atoms with Gasteiger partial charge in [0.25, 0.3) is 0 Å². The summed E-state index contributed by atoms with van der Waals surface area (Å²) in [5.74, 6) is 0.918. The van der Waals surface area contributed by atoms with Crippen LogP contribution in [0.5, 0.6) is 0 Å². The van der Waals surface area contributed by atoms with Gasteiger partial charge in [-0.15, -0.1) is 0 Å². The summed E-state index contributed by atoms with van der Waals surface area (Å²) in [5.41, 5.74) is 2.02. The molecule has 1 heterocycles. The van der Waals surface area contributed by atoms with Crippen LogP contribution < -0.4 is 0 Å². The molecule has 17 heavy (non-hydrogen) atoms. The van der Waals surface area contributed by atoms with Gasteiger partial charge in [-0.1, -0.05) is 12.1 Å². The molecule has 1 unspecified atom stereocenters. The number of nitrogens with zero attached hydrogens (tertiary/aromatic N) is 2. The minimum Gasteiger partial charge on any atom is -0.389 e. The minimum atomic E-state index is -0.494. The molecule has 2 aromatic rings. The van der Waals surface area contributed by atoms with E-state index >= 15 is 0 Å². The molecule has 0 saturated carbocycles. The Kier molecular flexibility index (Phi) is 3.76. The van der Waals surface area contributed by atoms with Crippen molar-refractivity contribution in [3.8, 4) is 0 Å². The molecule has 0 fully saturated rings. The van der Waals surface area contributed by atoms with E-state index in [1.165, 1.54) is 0 Å². The minimum absolute atomic E-state index is 0.364. The Bertz CT molecular complexity index is 493. The van der Waals surface area contributed by atoms with E-state index in [1.54, 1.807) is 0 Å². The van der Waals surface area contributed by atoms with Crippen LogP contribution in [0.4, 0.5) is 0 Å². The van der Waals surface area contributed by atoms with Gasteiger partial charge in [-0.3, -0.25) is 0 Å². The van der Waals surface area contributed by atoms with Crippen molar-refractivity contribution >= 4 is 11.0 Å². The number of hydrogen-bond donors (Lipinski definition) is 1. The van der Waals surface area contributed by atoms with Gasteiger partial charge in [-0.25, -0.2) is 4.98 Å². The molecule has 0 saturated heterocycles. The maximum absolute atomic E-state index is 9.86. The smallest absolute Gasteiger partial charge is 0.106 e. The predicted octanol–water partition coefficient (Wildman–Crippen LogP) is 1.74. The number of rotatable bonds is 5. The number of aryl methyl sites for hydroxylation is 1. The van der Waals surface area contributed by atoms with Crippen LogP contribution in [0.2, 0.25) is 0 Å². The van der Waals surface area contributed by atoms with E-state index in [0.29, 0.717) is 19.8 Å². The summed E-state index contributed by atoms with van der Waals surface area (Å²) in [7, 11) is 0. The molecule has 0 aliphatic carbocycles. The van der Waals surface area contributed by atoms with Gasteiger partial charge in [0.05, 0.1) is 30.3 Å². The van der Waals surface area contributed by atoms with E-state index in [2.05, 4.69) is 4.98 Å². The maximum atomic E-state index is 9.86. The van der Waals surface area contributed by atoms with Crippen molar-refractivity contribution in [1.29, 1.82) is 0 Å². The summed E-state index contributed by atoms with van der Waals surface area (Å²) >= 11 is 0. The fourth-order valence-corrected chi connectivity index (χ4v) is 1.94. The third kappa shape index (κ3) is 2.65. The molecule has 1 aromatic carbocycles. The molecule has 4 nitrogen and oxygen atoms in total. The van der Waals surface area contributed by atoms with E-state index in [4.69, 9.17) is 4.74 Å². The maximum Gasteiger partial charge on any atom is 0.106 e. The number of fused-ring (bicyclic) bond motifs is 1. The van der Waals surface area contributed by atoms with Crippen LogP contribution in [0.1, 0.15) is 12.7 Å². The second kappa shape index (κ2) is 5.29. The second-order valence-electron chi connectivity index (χ2n) is 4.07. The molecule has 0 aliphatic rings. The van der Waals surface area contributed by atoms with Gasteiger partial charge in [0.2, 0.25) is 0 Å². The molecule has 1 atom stereocenters. The van der Waals surface area contributed by atoms with Gasteiger partial charge < -0.3 is 14.4 Å². The number of benzene rings is 1. The largest absolute Gasteiger partial charge is 0.389 e. The topological polar surface area (TPSA) is 47.3 Å². The second-order valence-corrected chi connectivity index (χ2v) is 4.07. The first kappa shape index (κ1) is 12.1. The van der Waals surface area contributed by atoms with Crippen LogP contribution in [0.25, 0.3) is 11.0 Å². The number of hydrogen-bond acceptors (Lipinski definition) is 3. The van der Waals surface area contributed by atoms with Crippen LogP contribution >= 0.6 is 0 Å². The quantitative estimate of drug-likeness (QED) is 0.857. The first-order chi connectivity index (χ1) is 8.22. The van der Waals surface area contributed by atoms with Crippen molar-refractivity contribution in [2.24, 2.45) is 0 Å². The number of para-hydroxylation sites is 2. The Morgan fingerprint density at radius 2 is 2.18 bits per heavy atom. The van der Waals surface area contributed by atoms with Crippen LogP contribution in [0.3, 0.4) is 0 Å². The van der Waals surface area contributed by atoms with Crippen molar-refractivity contribution < 1.29 is 9.84 Å². The molecule has 1 aromatic heterocycles. The van der Waals surface area contributed by atoms with E-state index in [9.17, 15) is 5.11 Å². The van der Waals surface area contributed by atoms with E-state index in [-0.39, 0.29) is 0 Å². The van der Waals surface area contributed by atoms with Gasteiger partial charge in [0, 0.05) is 6.61 Å². The molecule has 4 heteroatoms. The summed E-state index contributed by atoms with van der Waals surface area (Å²) < 4.78 is 7.24. The standard InChI is InChI=1S/C13H18N2O2/c1-3-17-9-11(16)8-15-10(2)14-12-6-4-5-7-13(12)15/h4-7,11,16H,3,8-9H2,1-2H3. The summed E-state index contributed by atoms with van der Waals surface area (Å²) in [6.45, 7) is 5.38. The first-order valence-corrected chi connectivity index (χ1v) is 5.90. The number of ether oxygens (including phenoxy) is 1. The normalized spacial score (nSPS) is 13.1. The summed E-state index contributed by atoms with van der Waals surface area (Å²) in [6.07, 6.45) is -0.494. The van der Waals surface area contributed by atoms with Crippen molar-refractivity contribution in [2.75, 3.05) is 13.2 Å². The Hall–Kier alpha value is -1.39. The zero-order valence-electron chi connectivity index (χ0n) is 10.3. The SMILES string of the molecule is CCOCC(O)Cn1c(C)nc2ccccc21. The molecule has 1 N–H and O–H groups in total. The summed E-state index contributed by atoms with van der Waals surface area (Å²) in [4.78, 5) is 4.46. The predicted molar refractivity (Wildman–Crippen MR) is 67.0 cm³/mol. The third-order valence-corrected chi connectivity index (χ3v) is 2.75. The van der Waals surface area contributed by atoms with Crippen LogP contribution in [0, 0.1) is 6.92 Å². The number of aromatic nitrogens is 2. The fraction of sp³-hybridized carbons (Fsp3) is 0.462. The zero-order chi connectivity index (χ0) is 12.3. The lowest BCUT2D eigenvalue weighted by Crippen LogP contribution is -2.22. The molecule has 0 amide bonds. The molecule has 0 spiro atoms. The van der Waals surface area contributed by atoms with Crippen LogP contribution in [-0.4, -0.2) is 34.0 Å². The molecule has 2 rings (SSSR count). The van der Waals surface area contributed by atoms with Gasteiger partial charge in [0.1, 0.15) is 5.82 Å². The monoisotopic (exact) mass is 234 g/mol. The Labute approximate surface area is 101 Å². The third-order valence-electron chi connectivity index (χ3n) is 2.75. The Balaban J connectivity index is 2.20. The van der Waals surface area contributed by atoms with Gasteiger partial charge >= 0.3 is 0 Å². The first-order valence-electron chi connectivity index (χ1n) is 5.90. The average Bonchev–Trinajstić information content (AvgIpc) is 2.64. The van der Waals surface area contributed by atoms with Crippen molar-refractivity contribution in [3.63, 3.8) is 0 Å². The molecule has 92 valence electrons. The summed E-state index contributed by atoms with van der Waals surface area (Å²) in [5, 5.41) is 9.86. The van der Waals surface area contributed by atoms with Gasteiger partial charge in [-0.2, -0.15) is 0 Å². The molecular weight excluding hydrogens is 216 g/mol. The highest BCUT2D eigenvalue weighted by molar-refractivity contribution is 5.75. The molecule has 0 radical (unpaired) electrons. The Morgan fingerprint density at radius 1 is 1.41 bits per heavy atom. The van der Waals surface area contributed by atoms with Crippen LogP contribution in [-0.2, 0) is 11.3 Å². The van der Waals surface area contributed by atoms with Gasteiger partial charge in [-0.05, 0) is 26.0 Å². The highest BCUT2D eigenvalue weighted by atomic mass is 16.5. The zero-order valence-corrected chi connectivity index (χ0v) is 10.3. The molecular formula is C13H18N2O2. The van der Waals surface area contributed by atoms with Crippen molar-refractivity contribution in [2.45, 2.75) is 26.5 Å². The van der Waals surface area contributed by atoms with E-state index < -0.39 is 6.10 Å². The highest BCUT2D eigenvalue weighted by Crippen LogP contribution is 2.15. The fourth-order valence-electron chi connectivity index (χ4n) is 1.94. The van der Waals surface area contributed by atoms with Crippen LogP contribution in [0.15, 0.2) is 24.3 Å². The molecule has 0 bridgehead atoms. The number of imidazole rings is 1. The number of aliphatic hydroxyl groups excluding tert-OH is 1. The van der Waals surface area contributed by atoms with Crippen molar-refractivity contribution in [1.82, 2.24) is 9.55 Å². The van der Waals surface area contributed by atoms with E-state index in [1.807, 2.05) is 42.7 Å². The highest BCUT2D eigenvalue weighted by Gasteiger charge is 2.11. The number of aliphatic hydroxyl groups is 1. The average molecular weight is 234 g/mol. The lowest BCUT2D eigenvalue weighted by molar-refractivity contribution is 0.0338. The lowest BCUT2D eigenvalue weighted by Gasteiger charge is -2.13. The van der Waals surface area contributed by atoms with Gasteiger partial charge in [0.15, 0.2) is 0 Å². The van der Waals surface area contributed by atoms with Crippen molar-refractivity contribution in [3.05, 3.63) is 30.1 Å². The summed E-state index contributed by atoms with van der Waals surface area (Å²) in [6, 6.07) is 7.95. The van der Waals surface area contributed by atoms with E-state index in [0.717, 1.165) is 16.9 Å². The lowest BCUT2D eigenvalue weighted by atomic mass is 10.3. The molecule has 0 aliphatic heterocycles. The Morgan fingerprint density at radius 3 is 2.94 bits per heavy atom.